The lowest BCUT2D eigenvalue weighted by Crippen LogP contribution is -1.81. The quantitative estimate of drug-likeness (QED) is 0.555. The van der Waals surface area contributed by atoms with E-state index >= 15 is 0 Å². The van der Waals surface area contributed by atoms with E-state index in [1.54, 1.807) is 0 Å². The van der Waals surface area contributed by atoms with Gasteiger partial charge in [-0.05, 0) is 17.3 Å². The van der Waals surface area contributed by atoms with Crippen molar-refractivity contribution in [2.45, 2.75) is 0 Å². The molecule has 0 saturated carbocycles. The summed E-state index contributed by atoms with van der Waals surface area (Å²) in [4.78, 5) is 9.72. The van der Waals surface area contributed by atoms with Crippen LogP contribution in [-0.4, -0.2) is 0 Å². The second-order valence-electron chi connectivity index (χ2n) is 1.66. The molecule has 0 amide bonds. The average molecular weight is 143 g/mol. The number of halogens is 2. The van der Waals surface area contributed by atoms with Gasteiger partial charge in [-0.1, -0.05) is 6.07 Å². The monoisotopic (exact) mass is 143 g/mol. The zero-order valence-electron chi connectivity index (χ0n) is 4.84. The predicted octanol–water partition coefficient (Wildman–Crippen LogP) is 2.36. The van der Waals surface area contributed by atoms with Crippen molar-refractivity contribution >= 4 is 5.69 Å². The largest absolute Gasteiger partial charge is 0.204 e. The van der Waals surface area contributed by atoms with Gasteiger partial charge in [0.2, 0.25) is 0 Å². The normalized spacial score (nSPS) is 9.40. The first-order valence-electron chi connectivity index (χ1n) is 2.53. The molecular formula is C6H3F2NO. The first kappa shape index (κ1) is 6.80. The van der Waals surface area contributed by atoms with Crippen LogP contribution in [0.1, 0.15) is 0 Å². The van der Waals surface area contributed by atoms with E-state index in [1.165, 1.54) is 6.07 Å². The fraction of sp³-hybridized carbons (Fsp3) is 0. The van der Waals surface area contributed by atoms with E-state index in [2.05, 4.69) is 5.18 Å². The Morgan fingerprint density at radius 1 is 1.30 bits per heavy atom. The minimum absolute atomic E-state index is 0.500. The summed E-state index contributed by atoms with van der Waals surface area (Å²) in [5, 5.41) is 2.27. The van der Waals surface area contributed by atoms with E-state index < -0.39 is 17.3 Å². The Bertz CT molecular complexity index is 262. The van der Waals surface area contributed by atoms with E-state index in [0.29, 0.717) is 0 Å². The fourth-order valence-corrected chi connectivity index (χ4v) is 0.563. The summed E-state index contributed by atoms with van der Waals surface area (Å²) < 4.78 is 24.5. The summed E-state index contributed by atoms with van der Waals surface area (Å²) >= 11 is 0. The van der Waals surface area contributed by atoms with Crippen LogP contribution in [0.15, 0.2) is 23.4 Å². The zero-order valence-corrected chi connectivity index (χ0v) is 4.84. The first-order chi connectivity index (χ1) is 4.75. The molecule has 0 spiro atoms. The van der Waals surface area contributed by atoms with Gasteiger partial charge in [-0.25, -0.2) is 8.78 Å². The lowest BCUT2D eigenvalue weighted by molar-refractivity contribution is 0.510. The standard InChI is InChI=1S/C6H3F2NO/c7-4-2-1-3-5(9-10)6(4)8/h1-3H. The number of nitrogens with zero attached hydrogens (tertiary/aromatic N) is 1. The van der Waals surface area contributed by atoms with E-state index in [-0.39, 0.29) is 0 Å². The third-order valence-electron chi connectivity index (χ3n) is 1.03. The number of rotatable bonds is 1. The van der Waals surface area contributed by atoms with Gasteiger partial charge in [-0.2, -0.15) is 0 Å². The van der Waals surface area contributed by atoms with Crippen molar-refractivity contribution in [3.05, 3.63) is 34.7 Å². The van der Waals surface area contributed by atoms with Gasteiger partial charge in [0.1, 0.15) is 5.69 Å². The summed E-state index contributed by atoms with van der Waals surface area (Å²) in [6, 6.07) is 3.24. The van der Waals surface area contributed by atoms with Crippen LogP contribution in [0.4, 0.5) is 14.5 Å². The Balaban J connectivity index is 3.27. The number of benzene rings is 1. The predicted molar refractivity (Wildman–Crippen MR) is 31.8 cm³/mol. The molecule has 0 bridgehead atoms. The number of hydrogen-bond donors (Lipinski definition) is 0. The van der Waals surface area contributed by atoms with Crippen molar-refractivity contribution in [1.29, 1.82) is 0 Å². The smallest absolute Gasteiger partial charge is 0.187 e. The Labute approximate surface area is 55.5 Å². The highest BCUT2D eigenvalue weighted by atomic mass is 19.2. The van der Waals surface area contributed by atoms with Gasteiger partial charge in [0.05, 0.1) is 0 Å². The molecule has 10 heavy (non-hydrogen) atoms. The van der Waals surface area contributed by atoms with Gasteiger partial charge in [-0.15, -0.1) is 4.91 Å². The molecule has 0 aliphatic carbocycles. The second kappa shape index (κ2) is 2.51. The van der Waals surface area contributed by atoms with Crippen LogP contribution < -0.4 is 0 Å². The average Bonchev–Trinajstić information content (AvgIpc) is 1.95. The molecule has 0 radical (unpaired) electrons. The van der Waals surface area contributed by atoms with Gasteiger partial charge >= 0.3 is 0 Å². The molecule has 0 saturated heterocycles. The molecule has 0 N–H and O–H groups in total. The van der Waals surface area contributed by atoms with Gasteiger partial charge < -0.3 is 0 Å². The Morgan fingerprint density at radius 3 is 2.50 bits per heavy atom. The molecule has 0 fully saturated rings. The third-order valence-corrected chi connectivity index (χ3v) is 1.03. The highest BCUT2D eigenvalue weighted by Crippen LogP contribution is 2.18. The molecule has 0 heterocycles. The van der Waals surface area contributed by atoms with Crippen LogP contribution in [-0.2, 0) is 0 Å². The van der Waals surface area contributed by atoms with Crippen molar-refractivity contribution in [3.63, 3.8) is 0 Å². The van der Waals surface area contributed by atoms with Crippen LogP contribution in [0, 0.1) is 16.5 Å². The molecular weight excluding hydrogens is 140 g/mol. The van der Waals surface area contributed by atoms with E-state index in [1.807, 2.05) is 0 Å². The molecule has 0 aromatic heterocycles. The molecule has 1 aromatic carbocycles. The van der Waals surface area contributed by atoms with E-state index in [9.17, 15) is 13.7 Å². The van der Waals surface area contributed by atoms with E-state index in [0.717, 1.165) is 12.1 Å². The molecule has 4 heteroatoms. The lowest BCUT2D eigenvalue weighted by atomic mass is 10.3. The number of hydrogen-bond acceptors (Lipinski definition) is 2. The van der Waals surface area contributed by atoms with Crippen LogP contribution >= 0.6 is 0 Å². The van der Waals surface area contributed by atoms with Crippen LogP contribution in [0.5, 0.6) is 0 Å². The minimum atomic E-state index is -1.20. The summed E-state index contributed by atoms with van der Waals surface area (Å²) in [5.41, 5.74) is -0.500. The highest BCUT2D eigenvalue weighted by Gasteiger charge is 2.05. The van der Waals surface area contributed by atoms with Gasteiger partial charge in [-0.3, -0.25) is 0 Å². The summed E-state index contributed by atoms with van der Waals surface area (Å²) in [6.45, 7) is 0. The molecule has 52 valence electrons. The number of nitroso groups, excluding NO2 is 1. The van der Waals surface area contributed by atoms with Gasteiger partial charge in [0.15, 0.2) is 11.6 Å². The first-order valence-corrected chi connectivity index (χ1v) is 2.53. The maximum atomic E-state index is 12.3. The molecule has 0 aliphatic rings. The van der Waals surface area contributed by atoms with Crippen molar-refractivity contribution < 1.29 is 8.78 Å². The van der Waals surface area contributed by atoms with Crippen LogP contribution in [0.3, 0.4) is 0 Å². The topological polar surface area (TPSA) is 29.4 Å². The maximum Gasteiger partial charge on any atom is 0.187 e. The van der Waals surface area contributed by atoms with Gasteiger partial charge in [0.25, 0.3) is 0 Å². The van der Waals surface area contributed by atoms with Gasteiger partial charge in [0, 0.05) is 0 Å². The molecule has 0 atom stereocenters. The molecule has 0 unspecified atom stereocenters. The molecule has 0 aliphatic heterocycles. The highest BCUT2D eigenvalue weighted by molar-refractivity contribution is 5.38. The minimum Gasteiger partial charge on any atom is -0.204 e. The molecule has 1 aromatic rings. The maximum absolute atomic E-state index is 12.3. The fourth-order valence-electron chi connectivity index (χ4n) is 0.563. The van der Waals surface area contributed by atoms with Crippen molar-refractivity contribution in [3.8, 4) is 0 Å². The zero-order chi connectivity index (χ0) is 7.56. The SMILES string of the molecule is O=Nc1cccc(F)c1F. The Morgan fingerprint density at radius 2 is 2.00 bits per heavy atom. The molecule has 2 nitrogen and oxygen atoms in total. The molecule has 1 rings (SSSR count). The van der Waals surface area contributed by atoms with E-state index in [4.69, 9.17) is 0 Å². The lowest BCUT2D eigenvalue weighted by Gasteiger charge is -1.91. The van der Waals surface area contributed by atoms with Crippen LogP contribution in [0.2, 0.25) is 0 Å². The Kier molecular flexibility index (Phi) is 1.71. The summed E-state index contributed by atoms with van der Waals surface area (Å²) in [7, 11) is 0. The summed E-state index contributed by atoms with van der Waals surface area (Å²) in [6.07, 6.45) is 0. The van der Waals surface area contributed by atoms with Crippen LogP contribution in [0.25, 0.3) is 0 Å². The van der Waals surface area contributed by atoms with Crippen molar-refractivity contribution in [2.24, 2.45) is 5.18 Å². The second-order valence-corrected chi connectivity index (χ2v) is 1.66. The van der Waals surface area contributed by atoms with Crippen molar-refractivity contribution in [1.82, 2.24) is 0 Å². The Hall–Kier alpha value is -1.32. The third kappa shape index (κ3) is 1.00. The van der Waals surface area contributed by atoms with Crippen molar-refractivity contribution in [2.75, 3.05) is 0 Å². The summed E-state index contributed by atoms with van der Waals surface area (Å²) in [5.74, 6) is -2.25.